The van der Waals surface area contributed by atoms with Crippen LogP contribution in [-0.4, -0.2) is 22.5 Å². The number of nitrogens with zero attached hydrogens (tertiary/aromatic N) is 2. The highest BCUT2D eigenvalue weighted by atomic mass is 35.5. The Labute approximate surface area is 205 Å². The topological polar surface area (TPSA) is 85.4 Å². The third-order valence-corrected chi connectivity index (χ3v) is 5.19. The second-order valence-electron chi connectivity index (χ2n) is 7.24. The van der Waals surface area contributed by atoms with Crippen molar-refractivity contribution in [3.63, 3.8) is 0 Å². The van der Waals surface area contributed by atoms with Gasteiger partial charge in [-0.15, -0.1) is 0 Å². The molecule has 0 saturated carbocycles. The maximum atomic E-state index is 14.6. The molecule has 11 heteroatoms. The molecule has 0 aliphatic rings. The summed E-state index contributed by atoms with van der Waals surface area (Å²) in [6.07, 6.45) is 4.75. The van der Waals surface area contributed by atoms with Gasteiger partial charge in [-0.05, 0) is 23.6 Å². The number of carbonyl (C=O) groups is 1. The quantitative estimate of drug-likeness (QED) is 0.262. The number of halogens is 3. The van der Waals surface area contributed by atoms with Crippen LogP contribution in [0, 0.1) is 11.7 Å². The molecule has 0 saturated heterocycles. The van der Waals surface area contributed by atoms with Gasteiger partial charge in [-0.3, -0.25) is 14.5 Å². The third kappa shape index (κ3) is 7.46. The molecule has 7 nitrogen and oxygen atoms in total. The van der Waals surface area contributed by atoms with Crippen molar-refractivity contribution >= 4 is 41.2 Å². The molecule has 2 N–H and O–H groups in total. The molecular formula is C22H21Cl2FN4O3S. The van der Waals surface area contributed by atoms with Gasteiger partial charge in [0.25, 0.3) is 5.91 Å². The van der Waals surface area contributed by atoms with Gasteiger partial charge in [0.2, 0.25) is 5.88 Å². The maximum Gasteiger partial charge on any atom is 0.265 e. The van der Waals surface area contributed by atoms with E-state index in [4.69, 9.17) is 32.7 Å². The van der Waals surface area contributed by atoms with Crippen molar-refractivity contribution in [2.75, 3.05) is 6.61 Å². The van der Waals surface area contributed by atoms with Crippen molar-refractivity contribution < 1.29 is 18.7 Å². The Morgan fingerprint density at radius 3 is 2.73 bits per heavy atom. The summed E-state index contributed by atoms with van der Waals surface area (Å²) in [6, 6.07) is 7.40. The molecule has 0 bridgehead atoms. The van der Waals surface area contributed by atoms with E-state index < -0.39 is 11.7 Å². The van der Waals surface area contributed by atoms with Gasteiger partial charge in [-0.1, -0.05) is 43.1 Å². The minimum atomic E-state index is -0.796. The summed E-state index contributed by atoms with van der Waals surface area (Å²) < 4.78 is 31.1. The second kappa shape index (κ2) is 12.0. The molecule has 0 aliphatic carbocycles. The van der Waals surface area contributed by atoms with Gasteiger partial charge in [0, 0.05) is 43.2 Å². The maximum absolute atomic E-state index is 14.6. The summed E-state index contributed by atoms with van der Waals surface area (Å²) in [4.78, 5) is 20.4. The van der Waals surface area contributed by atoms with Gasteiger partial charge in [0.05, 0.1) is 23.4 Å². The molecule has 2 aromatic heterocycles. The number of benzene rings is 1. The summed E-state index contributed by atoms with van der Waals surface area (Å²) in [5, 5.41) is 0.294. The Balaban J connectivity index is 1.60. The van der Waals surface area contributed by atoms with E-state index in [-0.39, 0.29) is 33.0 Å². The number of rotatable bonds is 10. The highest BCUT2D eigenvalue weighted by Crippen LogP contribution is 2.34. The van der Waals surface area contributed by atoms with E-state index >= 15 is 0 Å². The highest BCUT2D eigenvalue weighted by Gasteiger charge is 2.17. The molecule has 1 aromatic carbocycles. The number of hydrogen-bond acceptors (Lipinski definition) is 7. The molecule has 0 fully saturated rings. The summed E-state index contributed by atoms with van der Waals surface area (Å²) in [5.41, 5.74) is 0.709. The molecular weight excluding hydrogens is 490 g/mol. The van der Waals surface area contributed by atoms with E-state index in [9.17, 15) is 9.18 Å². The van der Waals surface area contributed by atoms with E-state index in [0.717, 1.165) is 23.8 Å². The molecule has 174 valence electrons. The number of nitrogens with one attached hydrogen (secondary N) is 2. The lowest BCUT2D eigenvalue weighted by molar-refractivity contribution is 0.0980. The molecule has 0 radical (unpaired) electrons. The van der Waals surface area contributed by atoms with Gasteiger partial charge in [-0.2, -0.15) is 0 Å². The van der Waals surface area contributed by atoms with Crippen molar-refractivity contribution in [3.8, 4) is 17.4 Å². The van der Waals surface area contributed by atoms with Crippen LogP contribution in [0.3, 0.4) is 0 Å². The zero-order valence-corrected chi connectivity index (χ0v) is 20.1. The molecule has 1 amide bonds. The SMILES string of the molecule is CC(C)COc1ncc(Oc2cc(F)c(C(=O)NSNCc3cccnc3)cc2Cl)cc1Cl. The standard InChI is InChI=1S/C22H21Cl2FN4O3S/c1-13(2)12-31-22-18(24)6-15(11-27-22)32-20-8-19(25)16(7-17(20)23)21(30)29-33-28-10-14-4-3-5-26-9-14/h3-9,11,13,28H,10,12H2,1-2H3,(H,29,30). The number of pyridine rings is 2. The Bertz CT molecular complexity index is 1110. The van der Waals surface area contributed by atoms with Gasteiger partial charge in [0.15, 0.2) is 0 Å². The van der Waals surface area contributed by atoms with Gasteiger partial charge in [0.1, 0.15) is 22.3 Å². The van der Waals surface area contributed by atoms with Crippen molar-refractivity contribution in [2.24, 2.45) is 5.92 Å². The molecule has 33 heavy (non-hydrogen) atoms. The minimum Gasteiger partial charge on any atom is -0.476 e. The smallest absolute Gasteiger partial charge is 0.265 e. The first-order valence-electron chi connectivity index (χ1n) is 9.86. The van der Waals surface area contributed by atoms with Crippen LogP contribution in [-0.2, 0) is 6.54 Å². The zero-order valence-electron chi connectivity index (χ0n) is 17.8. The van der Waals surface area contributed by atoms with Crippen molar-refractivity contribution in [3.05, 3.63) is 75.9 Å². The van der Waals surface area contributed by atoms with Crippen LogP contribution in [0.5, 0.6) is 17.4 Å². The fourth-order valence-corrected chi connectivity index (χ4v) is 3.41. The summed E-state index contributed by atoms with van der Waals surface area (Å²) in [5.74, 6) is -0.604. The highest BCUT2D eigenvalue weighted by molar-refractivity contribution is 7.96. The Morgan fingerprint density at radius 1 is 1.21 bits per heavy atom. The number of hydrogen-bond donors (Lipinski definition) is 2. The van der Waals surface area contributed by atoms with Crippen LogP contribution in [0.15, 0.2) is 48.9 Å². The van der Waals surface area contributed by atoms with E-state index in [1.807, 2.05) is 19.9 Å². The lowest BCUT2D eigenvalue weighted by Crippen LogP contribution is -2.22. The lowest BCUT2D eigenvalue weighted by atomic mass is 10.2. The third-order valence-electron chi connectivity index (χ3n) is 4.04. The Kier molecular flexibility index (Phi) is 9.13. The van der Waals surface area contributed by atoms with Crippen molar-refractivity contribution in [2.45, 2.75) is 20.4 Å². The Morgan fingerprint density at radius 2 is 2.03 bits per heavy atom. The van der Waals surface area contributed by atoms with Crippen molar-refractivity contribution in [1.29, 1.82) is 0 Å². The van der Waals surface area contributed by atoms with Crippen LogP contribution in [0.2, 0.25) is 10.0 Å². The first-order chi connectivity index (χ1) is 15.8. The second-order valence-corrected chi connectivity index (χ2v) is 8.75. The first kappa shape index (κ1) is 25.0. The van der Waals surface area contributed by atoms with E-state index in [1.165, 1.54) is 18.3 Å². The van der Waals surface area contributed by atoms with Gasteiger partial charge < -0.3 is 9.47 Å². The van der Waals surface area contributed by atoms with Gasteiger partial charge in [-0.25, -0.2) is 14.1 Å². The fraction of sp³-hybridized carbons (Fsp3) is 0.227. The summed E-state index contributed by atoms with van der Waals surface area (Å²) >= 11 is 13.3. The molecule has 3 rings (SSSR count). The average molecular weight is 511 g/mol. The Hall–Kier alpha value is -2.59. The molecule has 0 spiro atoms. The van der Waals surface area contributed by atoms with Crippen LogP contribution < -0.4 is 18.9 Å². The first-order valence-corrected chi connectivity index (χ1v) is 11.4. The largest absolute Gasteiger partial charge is 0.476 e. The van der Waals surface area contributed by atoms with Crippen LogP contribution >= 0.6 is 35.3 Å². The average Bonchev–Trinajstić information content (AvgIpc) is 2.79. The fourth-order valence-electron chi connectivity index (χ4n) is 2.48. The molecule has 3 aromatic rings. The molecule has 0 atom stereocenters. The molecule has 2 heterocycles. The summed E-state index contributed by atoms with van der Waals surface area (Å²) in [7, 11) is 0. The van der Waals surface area contributed by atoms with Crippen molar-refractivity contribution in [1.82, 2.24) is 19.4 Å². The number of carbonyl (C=O) groups excluding carboxylic acids is 1. The zero-order chi connectivity index (χ0) is 23.8. The van der Waals surface area contributed by atoms with Gasteiger partial charge >= 0.3 is 0 Å². The van der Waals surface area contributed by atoms with E-state index in [1.54, 1.807) is 18.5 Å². The normalized spacial score (nSPS) is 10.8. The number of ether oxygens (including phenoxy) is 2. The molecule has 0 unspecified atom stereocenters. The predicted octanol–water partition coefficient (Wildman–Crippen LogP) is 5.83. The number of amides is 1. The number of aromatic nitrogens is 2. The summed E-state index contributed by atoms with van der Waals surface area (Å²) in [6.45, 7) is 4.93. The molecule has 0 aliphatic heterocycles. The predicted molar refractivity (Wildman–Crippen MR) is 127 cm³/mol. The lowest BCUT2D eigenvalue weighted by Gasteiger charge is -2.12. The van der Waals surface area contributed by atoms with E-state index in [0.29, 0.717) is 19.1 Å². The minimum absolute atomic E-state index is 0.0155. The van der Waals surface area contributed by atoms with E-state index in [2.05, 4.69) is 19.4 Å². The van der Waals surface area contributed by atoms with Crippen LogP contribution in [0.4, 0.5) is 4.39 Å². The monoisotopic (exact) mass is 510 g/mol. The van der Waals surface area contributed by atoms with Crippen LogP contribution in [0.25, 0.3) is 0 Å². The van der Waals surface area contributed by atoms with Crippen LogP contribution in [0.1, 0.15) is 29.8 Å².